The van der Waals surface area contributed by atoms with Crippen molar-refractivity contribution in [3.8, 4) is 11.3 Å². The van der Waals surface area contributed by atoms with Crippen LogP contribution < -0.4 is 0 Å². The number of likely N-dealkylation sites (tertiary alicyclic amines) is 1. The van der Waals surface area contributed by atoms with Gasteiger partial charge in [-0.05, 0) is 24.8 Å². The molecule has 2 aromatic rings. The molecule has 1 aliphatic heterocycles. The van der Waals surface area contributed by atoms with Crippen LogP contribution in [0.1, 0.15) is 29.8 Å². The van der Waals surface area contributed by atoms with Gasteiger partial charge in [-0.15, -0.1) is 0 Å². The molecule has 2 heterocycles. The quantitative estimate of drug-likeness (QED) is 0.802. The number of benzene rings is 1. The number of aromatic nitrogens is 2. The first-order valence-electron chi connectivity index (χ1n) is 8.54. The number of nitrogens with zero attached hydrogens (tertiary/aromatic N) is 3. The molecule has 6 nitrogen and oxygen atoms in total. The highest BCUT2D eigenvalue weighted by molar-refractivity contribution is 5.93. The van der Waals surface area contributed by atoms with Gasteiger partial charge in [-0.3, -0.25) is 14.3 Å². The van der Waals surface area contributed by atoms with E-state index in [1.165, 1.54) is 7.11 Å². The zero-order chi connectivity index (χ0) is 17.8. The predicted molar refractivity (Wildman–Crippen MR) is 93.9 cm³/mol. The van der Waals surface area contributed by atoms with E-state index in [9.17, 15) is 9.59 Å². The van der Waals surface area contributed by atoms with Crippen molar-refractivity contribution in [2.45, 2.75) is 19.3 Å². The fraction of sp³-hybridized carbons (Fsp3) is 0.421. The van der Waals surface area contributed by atoms with Crippen LogP contribution in [-0.4, -0.2) is 46.8 Å². The third-order valence-corrected chi connectivity index (χ3v) is 4.75. The van der Waals surface area contributed by atoms with Crippen LogP contribution in [0.25, 0.3) is 11.3 Å². The van der Waals surface area contributed by atoms with Gasteiger partial charge in [-0.2, -0.15) is 5.10 Å². The van der Waals surface area contributed by atoms with Gasteiger partial charge in [0, 0.05) is 32.1 Å². The number of piperidine rings is 1. The molecular weight excluding hydrogens is 318 g/mol. The van der Waals surface area contributed by atoms with Gasteiger partial charge < -0.3 is 9.64 Å². The van der Waals surface area contributed by atoms with Gasteiger partial charge in [0.1, 0.15) is 5.69 Å². The average Bonchev–Trinajstić information content (AvgIpc) is 3.04. The maximum atomic E-state index is 12.8. The Hall–Kier alpha value is -2.63. The Kier molecular flexibility index (Phi) is 5.16. The number of esters is 1. The van der Waals surface area contributed by atoms with E-state index in [2.05, 4.69) is 5.10 Å². The summed E-state index contributed by atoms with van der Waals surface area (Å²) in [5.74, 6) is 0.112. The first-order chi connectivity index (χ1) is 12.1. The van der Waals surface area contributed by atoms with Crippen LogP contribution in [0.3, 0.4) is 0 Å². The number of amides is 1. The number of ether oxygens (including phenoxy) is 1. The van der Waals surface area contributed by atoms with Gasteiger partial charge in [0.25, 0.3) is 5.91 Å². The lowest BCUT2D eigenvalue weighted by atomic mass is 9.93. The third kappa shape index (κ3) is 3.90. The van der Waals surface area contributed by atoms with Crippen molar-refractivity contribution < 1.29 is 14.3 Å². The largest absolute Gasteiger partial charge is 0.469 e. The molecular formula is C19H23N3O3. The number of carbonyl (C=O) groups is 2. The standard InChI is InChI=1S/C19H23N3O3/c1-21-17(13-16(20-21)15-6-4-3-5-7-15)19(24)22-10-8-14(9-11-22)12-18(23)25-2/h3-7,13-14H,8-12H2,1-2H3. The summed E-state index contributed by atoms with van der Waals surface area (Å²) < 4.78 is 6.37. The van der Waals surface area contributed by atoms with Crippen LogP contribution in [0.4, 0.5) is 0 Å². The maximum Gasteiger partial charge on any atom is 0.305 e. The van der Waals surface area contributed by atoms with E-state index >= 15 is 0 Å². The summed E-state index contributed by atoms with van der Waals surface area (Å²) in [4.78, 5) is 26.1. The summed E-state index contributed by atoms with van der Waals surface area (Å²) in [6.07, 6.45) is 2.08. The molecule has 0 radical (unpaired) electrons. The van der Waals surface area contributed by atoms with Crippen LogP contribution in [0.2, 0.25) is 0 Å². The van der Waals surface area contributed by atoms with Gasteiger partial charge in [0.05, 0.1) is 12.8 Å². The van der Waals surface area contributed by atoms with E-state index in [1.807, 2.05) is 41.3 Å². The Labute approximate surface area is 147 Å². The molecule has 0 atom stereocenters. The fourth-order valence-corrected chi connectivity index (χ4v) is 3.24. The average molecular weight is 341 g/mol. The van der Waals surface area contributed by atoms with Crippen molar-refractivity contribution in [3.63, 3.8) is 0 Å². The fourth-order valence-electron chi connectivity index (χ4n) is 3.24. The van der Waals surface area contributed by atoms with Gasteiger partial charge >= 0.3 is 5.97 Å². The molecule has 1 saturated heterocycles. The molecule has 0 N–H and O–H groups in total. The lowest BCUT2D eigenvalue weighted by Crippen LogP contribution is -2.39. The minimum Gasteiger partial charge on any atom is -0.469 e. The molecule has 1 aromatic heterocycles. The van der Waals surface area contributed by atoms with Crippen molar-refractivity contribution in [2.24, 2.45) is 13.0 Å². The Morgan fingerprint density at radius 1 is 1.20 bits per heavy atom. The second-order valence-electron chi connectivity index (χ2n) is 6.42. The highest BCUT2D eigenvalue weighted by Gasteiger charge is 2.27. The van der Waals surface area contributed by atoms with Gasteiger partial charge in [-0.1, -0.05) is 30.3 Å². The van der Waals surface area contributed by atoms with Crippen molar-refractivity contribution in [3.05, 3.63) is 42.1 Å². The Morgan fingerprint density at radius 3 is 2.52 bits per heavy atom. The Balaban J connectivity index is 1.66. The van der Waals surface area contributed by atoms with E-state index in [4.69, 9.17) is 4.74 Å². The predicted octanol–water partition coefficient (Wildman–Crippen LogP) is 2.50. The highest BCUT2D eigenvalue weighted by Crippen LogP contribution is 2.24. The molecule has 25 heavy (non-hydrogen) atoms. The van der Waals surface area contributed by atoms with Crippen LogP contribution in [0.15, 0.2) is 36.4 Å². The molecule has 3 rings (SSSR count). The van der Waals surface area contributed by atoms with E-state index in [0.717, 1.165) is 24.1 Å². The summed E-state index contributed by atoms with van der Waals surface area (Å²) in [5, 5.41) is 4.47. The van der Waals surface area contributed by atoms with Crippen LogP contribution in [0.5, 0.6) is 0 Å². The second-order valence-corrected chi connectivity index (χ2v) is 6.42. The number of methoxy groups -OCH3 is 1. The Bertz CT molecular complexity index is 747. The normalized spacial score (nSPS) is 15.2. The summed E-state index contributed by atoms with van der Waals surface area (Å²) in [5.41, 5.74) is 2.38. The topological polar surface area (TPSA) is 64.4 Å². The van der Waals surface area contributed by atoms with Gasteiger partial charge in [0.15, 0.2) is 0 Å². The van der Waals surface area contributed by atoms with Gasteiger partial charge in [0.2, 0.25) is 0 Å². The van der Waals surface area contributed by atoms with Crippen molar-refractivity contribution >= 4 is 11.9 Å². The number of hydrogen-bond acceptors (Lipinski definition) is 4. The number of rotatable bonds is 4. The number of hydrogen-bond donors (Lipinski definition) is 0. The minimum atomic E-state index is -0.177. The van der Waals surface area contributed by atoms with Crippen molar-refractivity contribution in [2.75, 3.05) is 20.2 Å². The molecule has 1 aliphatic rings. The zero-order valence-corrected chi connectivity index (χ0v) is 14.6. The first kappa shape index (κ1) is 17.2. The van der Waals surface area contributed by atoms with Gasteiger partial charge in [-0.25, -0.2) is 0 Å². The van der Waals surface area contributed by atoms with E-state index in [1.54, 1.807) is 11.7 Å². The van der Waals surface area contributed by atoms with Crippen molar-refractivity contribution in [1.29, 1.82) is 0 Å². The smallest absolute Gasteiger partial charge is 0.305 e. The minimum absolute atomic E-state index is 0.00583. The first-order valence-corrected chi connectivity index (χ1v) is 8.54. The summed E-state index contributed by atoms with van der Waals surface area (Å²) in [6, 6.07) is 11.7. The molecule has 6 heteroatoms. The molecule has 0 spiro atoms. The Morgan fingerprint density at radius 2 is 1.88 bits per heavy atom. The molecule has 1 amide bonds. The molecule has 0 saturated carbocycles. The van der Waals surface area contributed by atoms with E-state index in [-0.39, 0.29) is 11.9 Å². The maximum absolute atomic E-state index is 12.8. The zero-order valence-electron chi connectivity index (χ0n) is 14.6. The summed E-state index contributed by atoms with van der Waals surface area (Å²) >= 11 is 0. The second kappa shape index (κ2) is 7.51. The monoisotopic (exact) mass is 341 g/mol. The lowest BCUT2D eigenvalue weighted by Gasteiger charge is -2.31. The molecule has 0 bridgehead atoms. The van der Waals surface area contributed by atoms with Crippen molar-refractivity contribution in [1.82, 2.24) is 14.7 Å². The van der Waals surface area contributed by atoms with Crippen LogP contribution >= 0.6 is 0 Å². The number of carbonyl (C=O) groups excluding carboxylic acids is 2. The summed E-state index contributed by atoms with van der Waals surface area (Å²) in [6.45, 7) is 1.32. The third-order valence-electron chi connectivity index (χ3n) is 4.75. The molecule has 1 aromatic carbocycles. The van der Waals surface area contributed by atoms with Crippen LogP contribution in [-0.2, 0) is 16.6 Å². The van der Waals surface area contributed by atoms with E-state index < -0.39 is 0 Å². The van der Waals surface area contributed by atoms with Crippen LogP contribution in [0, 0.1) is 5.92 Å². The summed E-state index contributed by atoms with van der Waals surface area (Å²) in [7, 11) is 3.21. The number of aryl methyl sites for hydroxylation is 1. The molecule has 132 valence electrons. The molecule has 1 fully saturated rings. The molecule has 0 aliphatic carbocycles. The molecule has 0 unspecified atom stereocenters. The highest BCUT2D eigenvalue weighted by atomic mass is 16.5. The SMILES string of the molecule is COC(=O)CC1CCN(C(=O)c2cc(-c3ccccc3)nn2C)CC1. The lowest BCUT2D eigenvalue weighted by molar-refractivity contribution is -0.142. The van der Waals surface area contributed by atoms with E-state index in [0.29, 0.717) is 31.1 Å².